The van der Waals surface area contributed by atoms with Crippen molar-refractivity contribution in [3.63, 3.8) is 0 Å². The van der Waals surface area contributed by atoms with E-state index in [0.29, 0.717) is 0 Å². The van der Waals surface area contributed by atoms with Gasteiger partial charge in [-0.2, -0.15) is 0 Å². The number of rotatable bonds is 0. The van der Waals surface area contributed by atoms with Crippen LogP contribution < -0.4 is 0 Å². The lowest BCUT2D eigenvalue weighted by atomic mass is 10.3. The van der Waals surface area contributed by atoms with E-state index in [1.54, 1.807) is 0 Å². The van der Waals surface area contributed by atoms with Gasteiger partial charge in [0.15, 0.2) is 0 Å². The molecular weight excluding hydrogens is 166 g/mol. The molecule has 0 radical (unpaired) electrons. The number of aromatic nitrogens is 1. The molecule has 0 bridgehead atoms. The van der Waals surface area contributed by atoms with Gasteiger partial charge < -0.3 is 0 Å². The van der Waals surface area contributed by atoms with Crippen LogP contribution in [0.4, 0.5) is 0 Å². The largest absolute Gasteiger partial charge is 0.264 e. The van der Waals surface area contributed by atoms with Crippen molar-refractivity contribution >= 4 is 21.4 Å². The Morgan fingerprint density at radius 3 is 2.75 bits per heavy atom. The molecule has 0 saturated heterocycles. The van der Waals surface area contributed by atoms with Crippen molar-refractivity contribution in [1.29, 1.82) is 0 Å². The van der Waals surface area contributed by atoms with Crippen molar-refractivity contribution in [1.82, 2.24) is 4.98 Å². The summed E-state index contributed by atoms with van der Waals surface area (Å²) >= 11 is 1.81. The Labute approximate surface area is 77.1 Å². The molecule has 0 unspecified atom stereocenters. The van der Waals surface area contributed by atoms with Crippen LogP contribution in [-0.4, -0.2) is 4.98 Å². The zero-order valence-corrected chi connectivity index (χ0v) is 8.48. The summed E-state index contributed by atoms with van der Waals surface area (Å²) in [6, 6.07) is 4.21. The third-order valence-electron chi connectivity index (χ3n) is 1.44. The molecular formula is C10H13NS. The van der Waals surface area contributed by atoms with E-state index in [4.69, 9.17) is 0 Å². The van der Waals surface area contributed by atoms with Gasteiger partial charge in [0.05, 0.1) is 0 Å². The first kappa shape index (κ1) is 9.20. The number of hydrogen-bond donors (Lipinski definition) is 0. The molecule has 2 heteroatoms. The Morgan fingerprint density at radius 2 is 2.08 bits per heavy atom. The molecule has 0 fully saturated rings. The van der Waals surface area contributed by atoms with Gasteiger partial charge in [0.1, 0.15) is 0 Å². The Morgan fingerprint density at radius 1 is 1.33 bits per heavy atom. The number of pyridine rings is 1. The lowest BCUT2D eigenvalue weighted by Crippen LogP contribution is -1.64. The zero-order chi connectivity index (χ0) is 8.97. The van der Waals surface area contributed by atoms with E-state index in [1.807, 2.05) is 43.6 Å². The van der Waals surface area contributed by atoms with Crippen molar-refractivity contribution in [3.05, 3.63) is 29.4 Å². The molecule has 2 rings (SSSR count). The SMILES string of the molecule is CC.Cc1cc2cnccc2s1. The van der Waals surface area contributed by atoms with Gasteiger partial charge in [-0.25, -0.2) is 0 Å². The van der Waals surface area contributed by atoms with Gasteiger partial charge in [-0.3, -0.25) is 4.98 Å². The molecule has 0 spiro atoms. The molecule has 0 amide bonds. The highest BCUT2D eigenvalue weighted by Crippen LogP contribution is 2.22. The average molecular weight is 179 g/mol. The number of thiophene rings is 1. The van der Waals surface area contributed by atoms with Crippen LogP contribution in [0, 0.1) is 6.92 Å². The minimum Gasteiger partial charge on any atom is -0.264 e. The molecule has 0 aromatic carbocycles. The molecule has 0 saturated carbocycles. The minimum atomic E-state index is 1.25. The van der Waals surface area contributed by atoms with Crippen LogP contribution >= 0.6 is 11.3 Å². The number of aryl methyl sites for hydroxylation is 1. The molecule has 64 valence electrons. The maximum atomic E-state index is 4.03. The Balaban J connectivity index is 0.000000336. The average Bonchev–Trinajstić information content (AvgIpc) is 2.48. The van der Waals surface area contributed by atoms with Crippen molar-refractivity contribution in [2.75, 3.05) is 0 Å². The van der Waals surface area contributed by atoms with E-state index in [-0.39, 0.29) is 0 Å². The van der Waals surface area contributed by atoms with Crippen LogP contribution in [0.3, 0.4) is 0 Å². The van der Waals surface area contributed by atoms with E-state index in [0.717, 1.165) is 0 Å². The fourth-order valence-corrected chi connectivity index (χ4v) is 1.91. The topological polar surface area (TPSA) is 12.9 Å². The van der Waals surface area contributed by atoms with Crippen LogP contribution in [-0.2, 0) is 0 Å². The lowest BCUT2D eigenvalue weighted by molar-refractivity contribution is 1.37. The lowest BCUT2D eigenvalue weighted by Gasteiger charge is -1.81. The summed E-state index contributed by atoms with van der Waals surface area (Å²) in [7, 11) is 0. The van der Waals surface area contributed by atoms with E-state index < -0.39 is 0 Å². The summed E-state index contributed by atoms with van der Waals surface area (Å²) in [5, 5.41) is 1.25. The monoisotopic (exact) mass is 179 g/mol. The van der Waals surface area contributed by atoms with Crippen molar-refractivity contribution in [2.24, 2.45) is 0 Å². The fraction of sp³-hybridized carbons (Fsp3) is 0.300. The maximum absolute atomic E-state index is 4.03. The van der Waals surface area contributed by atoms with E-state index in [9.17, 15) is 0 Å². The zero-order valence-electron chi connectivity index (χ0n) is 7.66. The summed E-state index contributed by atoms with van der Waals surface area (Å²) in [6.45, 7) is 6.12. The quantitative estimate of drug-likeness (QED) is 0.601. The number of nitrogens with zero attached hydrogens (tertiary/aromatic N) is 1. The van der Waals surface area contributed by atoms with E-state index >= 15 is 0 Å². The van der Waals surface area contributed by atoms with Crippen LogP contribution in [0.25, 0.3) is 10.1 Å². The van der Waals surface area contributed by atoms with Crippen LogP contribution in [0.15, 0.2) is 24.5 Å². The summed E-state index contributed by atoms with van der Waals surface area (Å²) in [6.07, 6.45) is 3.73. The summed E-state index contributed by atoms with van der Waals surface area (Å²) in [5.41, 5.74) is 0. The molecule has 2 heterocycles. The predicted octanol–water partition coefficient (Wildman–Crippen LogP) is 3.63. The van der Waals surface area contributed by atoms with Gasteiger partial charge in [0.25, 0.3) is 0 Å². The van der Waals surface area contributed by atoms with E-state index in [2.05, 4.69) is 18.0 Å². The highest BCUT2D eigenvalue weighted by Gasteiger charge is 1.94. The second-order valence-electron chi connectivity index (χ2n) is 2.27. The van der Waals surface area contributed by atoms with Gasteiger partial charge in [-0.05, 0) is 19.1 Å². The number of fused-ring (bicyclic) bond motifs is 1. The van der Waals surface area contributed by atoms with Crippen molar-refractivity contribution < 1.29 is 0 Å². The first-order valence-corrected chi connectivity index (χ1v) is 4.98. The maximum Gasteiger partial charge on any atom is 0.0376 e. The molecule has 12 heavy (non-hydrogen) atoms. The molecule has 0 atom stereocenters. The Kier molecular flexibility index (Phi) is 3.23. The van der Waals surface area contributed by atoms with Crippen LogP contribution in [0.2, 0.25) is 0 Å². The first-order valence-electron chi connectivity index (χ1n) is 4.16. The third kappa shape index (κ3) is 1.83. The van der Waals surface area contributed by atoms with Crippen LogP contribution in [0.5, 0.6) is 0 Å². The Bertz CT molecular complexity index is 318. The molecule has 0 N–H and O–H groups in total. The third-order valence-corrected chi connectivity index (χ3v) is 2.47. The molecule has 2 aromatic heterocycles. The Hall–Kier alpha value is -0.890. The summed E-state index contributed by atoms with van der Waals surface area (Å²) in [4.78, 5) is 5.38. The summed E-state index contributed by atoms with van der Waals surface area (Å²) in [5.74, 6) is 0. The second-order valence-corrected chi connectivity index (χ2v) is 3.56. The van der Waals surface area contributed by atoms with Gasteiger partial charge in [-0.15, -0.1) is 11.3 Å². The van der Waals surface area contributed by atoms with E-state index in [1.165, 1.54) is 15.0 Å². The fourth-order valence-electron chi connectivity index (χ4n) is 1.02. The molecule has 0 aliphatic heterocycles. The van der Waals surface area contributed by atoms with Crippen LogP contribution in [0.1, 0.15) is 18.7 Å². The normalized spacial score (nSPS) is 9.25. The standard InChI is InChI=1S/C8H7NS.C2H6/c1-6-4-7-5-9-3-2-8(7)10-6;1-2/h2-5H,1H3;1-2H3. The smallest absolute Gasteiger partial charge is 0.0376 e. The van der Waals surface area contributed by atoms with Gasteiger partial charge in [0, 0.05) is 27.4 Å². The molecule has 0 aliphatic carbocycles. The van der Waals surface area contributed by atoms with Gasteiger partial charge in [-0.1, -0.05) is 13.8 Å². The second kappa shape index (κ2) is 4.21. The highest BCUT2D eigenvalue weighted by atomic mass is 32.1. The number of hydrogen-bond acceptors (Lipinski definition) is 2. The highest BCUT2D eigenvalue weighted by molar-refractivity contribution is 7.18. The molecule has 0 aliphatic rings. The minimum absolute atomic E-state index is 1.25. The van der Waals surface area contributed by atoms with Crippen molar-refractivity contribution in [3.8, 4) is 0 Å². The molecule has 2 aromatic rings. The van der Waals surface area contributed by atoms with Gasteiger partial charge in [0.2, 0.25) is 0 Å². The predicted molar refractivity (Wildman–Crippen MR) is 55.7 cm³/mol. The molecule has 1 nitrogen and oxygen atoms in total. The summed E-state index contributed by atoms with van der Waals surface area (Å²) < 4.78 is 1.33. The first-order chi connectivity index (χ1) is 5.86. The van der Waals surface area contributed by atoms with Gasteiger partial charge >= 0.3 is 0 Å². The van der Waals surface area contributed by atoms with Crippen molar-refractivity contribution in [2.45, 2.75) is 20.8 Å².